The maximum atomic E-state index is 11.7. The van der Waals surface area contributed by atoms with E-state index in [2.05, 4.69) is 27.9 Å². The van der Waals surface area contributed by atoms with E-state index in [1.165, 1.54) is 0 Å². The smallest absolute Gasteiger partial charge is 0.251 e. The molecule has 0 saturated carbocycles. The van der Waals surface area contributed by atoms with Gasteiger partial charge in [0, 0.05) is 22.3 Å². The van der Waals surface area contributed by atoms with Crippen LogP contribution >= 0.6 is 22.6 Å². The molecule has 0 radical (unpaired) electrons. The van der Waals surface area contributed by atoms with Crippen LogP contribution in [0, 0.1) is 3.57 Å². The molecule has 0 aliphatic carbocycles. The van der Waals surface area contributed by atoms with Crippen LogP contribution in [0.3, 0.4) is 0 Å². The van der Waals surface area contributed by atoms with Gasteiger partial charge in [0.15, 0.2) is 0 Å². The van der Waals surface area contributed by atoms with Crippen molar-refractivity contribution in [2.45, 2.75) is 13.0 Å². The monoisotopic (exact) mass is 319 g/mol. The van der Waals surface area contributed by atoms with Gasteiger partial charge < -0.3 is 10.1 Å². The molecular weight excluding hydrogens is 305 g/mol. The Morgan fingerprint density at radius 1 is 1.47 bits per heavy atom. The molecule has 4 heteroatoms. The van der Waals surface area contributed by atoms with E-state index in [0.717, 1.165) is 3.57 Å². The predicted molar refractivity (Wildman–Crippen MR) is 68.0 cm³/mol. The van der Waals surface area contributed by atoms with E-state index < -0.39 is 0 Å². The van der Waals surface area contributed by atoms with E-state index >= 15 is 0 Å². The molecule has 1 atom stereocenters. The minimum absolute atomic E-state index is 0.0294. The summed E-state index contributed by atoms with van der Waals surface area (Å²) in [7, 11) is 1.62. The van der Waals surface area contributed by atoms with E-state index in [1.807, 2.05) is 31.2 Å². The Labute approximate surface area is 103 Å². The molecule has 1 aromatic carbocycles. The van der Waals surface area contributed by atoms with Crippen molar-refractivity contribution in [3.05, 3.63) is 33.4 Å². The van der Waals surface area contributed by atoms with Crippen LogP contribution in [-0.2, 0) is 4.74 Å². The quantitative estimate of drug-likeness (QED) is 0.863. The highest BCUT2D eigenvalue weighted by molar-refractivity contribution is 14.1. The molecule has 3 nitrogen and oxygen atoms in total. The highest BCUT2D eigenvalue weighted by atomic mass is 127. The summed E-state index contributed by atoms with van der Waals surface area (Å²) in [6, 6.07) is 7.49. The molecule has 0 heterocycles. The average molecular weight is 319 g/mol. The Balaban J connectivity index is 2.57. The van der Waals surface area contributed by atoms with Gasteiger partial charge in [0.2, 0.25) is 0 Å². The Kier molecular flexibility index (Phi) is 5.04. The number of carbonyl (C=O) groups is 1. The van der Waals surface area contributed by atoms with E-state index in [4.69, 9.17) is 4.74 Å². The second-order valence-corrected chi connectivity index (χ2v) is 4.58. The molecule has 0 bridgehead atoms. The van der Waals surface area contributed by atoms with Crippen molar-refractivity contribution in [3.8, 4) is 0 Å². The van der Waals surface area contributed by atoms with Crippen LogP contribution < -0.4 is 5.32 Å². The zero-order chi connectivity index (χ0) is 11.3. The van der Waals surface area contributed by atoms with Crippen molar-refractivity contribution in [3.63, 3.8) is 0 Å². The van der Waals surface area contributed by atoms with Crippen LogP contribution in [0.1, 0.15) is 17.3 Å². The standard InChI is InChI=1S/C11H14INO2/c1-8(7-15-2)13-11(14)9-3-5-10(12)6-4-9/h3-6,8H,7H2,1-2H3,(H,13,14)/t8-/m0/s1. The van der Waals surface area contributed by atoms with Crippen molar-refractivity contribution < 1.29 is 9.53 Å². The van der Waals surface area contributed by atoms with Crippen molar-refractivity contribution in [1.29, 1.82) is 0 Å². The molecule has 0 spiro atoms. The van der Waals surface area contributed by atoms with Crippen LogP contribution in [0.25, 0.3) is 0 Å². The Morgan fingerprint density at radius 2 is 2.07 bits per heavy atom. The first-order valence-electron chi connectivity index (χ1n) is 4.69. The lowest BCUT2D eigenvalue weighted by Gasteiger charge is -2.12. The molecule has 0 unspecified atom stereocenters. The lowest BCUT2D eigenvalue weighted by atomic mass is 10.2. The first kappa shape index (κ1) is 12.4. The van der Waals surface area contributed by atoms with Crippen molar-refractivity contribution in [1.82, 2.24) is 5.32 Å². The number of nitrogens with one attached hydrogen (secondary N) is 1. The van der Waals surface area contributed by atoms with Gasteiger partial charge in [0.05, 0.1) is 6.61 Å². The van der Waals surface area contributed by atoms with Crippen molar-refractivity contribution >= 4 is 28.5 Å². The third-order valence-electron chi connectivity index (χ3n) is 1.90. The van der Waals surface area contributed by atoms with E-state index in [9.17, 15) is 4.79 Å². The largest absolute Gasteiger partial charge is 0.383 e. The summed E-state index contributed by atoms with van der Waals surface area (Å²) in [4.78, 5) is 11.7. The van der Waals surface area contributed by atoms with Gasteiger partial charge in [0.1, 0.15) is 0 Å². The van der Waals surface area contributed by atoms with Crippen molar-refractivity contribution in [2.75, 3.05) is 13.7 Å². The fourth-order valence-electron chi connectivity index (χ4n) is 1.20. The molecule has 0 aromatic heterocycles. The normalized spacial score (nSPS) is 12.2. The maximum absolute atomic E-state index is 11.7. The molecule has 82 valence electrons. The second kappa shape index (κ2) is 6.07. The number of halogens is 1. The third-order valence-corrected chi connectivity index (χ3v) is 2.62. The summed E-state index contributed by atoms with van der Waals surface area (Å²) in [5.41, 5.74) is 0.679. The highest BCUT2D eigenvalue weighted by Crippen LogP contribution is 2.06. The van der Waals surface area contributed by atoms with Gasteiger partial charge in [-0.3, -0.25) is 4.79 Å². The first-order chi connectivity index (χ1) is 7.13. The summed E-state index contributed by atoms with van der Waals surface area (Å²) >= 11 is 2.21. The maximum Gasteiger partial charge on any atom is 0.251 e. The zero-order valence-electron chi connectivity index (χ0n) is 8.79. The predicted octanol–water partition coefficient (Wildman–Crippen LogP) is 2.06. The Bertz CT molecular complexity index is 324. The second-order valence-electron chi connectivity index (χ2n) is 3.34. The number of methoxy groups -OCH3 is 1. The van der Waals surface area contributed by atoms with Gasteiger partial charge in [-0.25, -0.2) is 0 Å². The van der Waals surface area contributed by atoms with Gasteiger partial charge in [-0.2, -0.15) is 0 Å². The molecule has 0 saturated heterocycles. The summed E-state index contributed by atoms with van der Waals surface area (Å²) in [6.45, 7) is 2.43. The van der Waals surface area contributed by atoms with E-state index in [0.29, 0.717) is 12.2 Å². The number of hydrogen-bond donors (Lipinski definition) is 1. The van der Waals surface area contributed by atoms with Gasteiger partial charge in [-0.15, -0.1) is 0 Å². The van der Waals surface area contributed by atoms with Crippen LogP contribution in [0.5, 0.6) is 0 Å². The fraction of sp³-hybridized carbons (Fsp3) is 0.364. The highest BCUT2D eigenvalue weighted by Gasteiger charge is 2.08. The summed E-state index contributed by atoms with van der Waals surface area (Å²) in [5.74, 6) is -0.0593. The number of benzene rings is 1. The number of hydrogen-bond acceptors (Lipinski definition) is 2. The Hall–Kier alpha value is -0.620. The third kappa shape index (κ3) is 4.17. The summed E-state index contributed by atoms with van der Waals surface area (Å²) in [5, 5.41) is 2.85. The van der Waals surface area contributed by atoms with E-state index in [1.54, 1.807) is 7.11 Å². The molecule has 0 aliphatic heterocycles. The average Bonchev–Trinajstić information content (AvgIpc) is 2.18. The first-order valence-corrected chi connectivity index (χ1v) is 5.76. The van der Waals surface area contributed by atoms with Gasteiger partial charge >= 0.3 is 0 Å². The minimum Gasteiger partial charge on any atom is -0.383 e. The lowest BCUT2D eigenvalue weighted by molar-refractivity contribution is 0.0905. The zero-order valence-corrected chi connectivity index (χ0v) is 10.9. The fourth-order valence-corrected chi connectivity index (χ4v) is 1.56. The SMILES string of the molecule is COC[C@H](C)NC(=O)c1ccc(I)cc1. The van der Waals surface area contributed by atoms with Crippen LogP contribution in [0.15, 0.2) is 24.3 Å². The van der Waals surface area contributed by atoms with Gasteiger partial charge in [-0.05, 0) is 53.8 Å². The molecule has 0 aliphatic rings. The van der Waals surface area contributed by atoms with Crippen LogP contribution in [0.2, 0.25) is 0 Å². The topological polar surface area (TPSA) is 38.3 Å². The molecule has 1 rings (SSSR count). The summed E-state index contributed by atoms with van der Waals surface area (Å²) < 4.78 is 6.06. The number of rotatable bonds is 4. The molecule has 15 heavy (non-hydrogen) atoms. The van der Waals surface area contributed by atoms with Crippen LogP contribution in [0.4, 0.5) is 0 Å². The van der Waals surface area contributed by atoms with Crippen LogP contribution in [-0.4, -0.2) is 25.7 Å². The lowest BCUT2D eigenvalue weighted by Crippen LogP contribution is -2.35. The van der Waals surface area contributed by atoms with Gasteiger partial charge in [0.25, 0.3) is 5.91 Å². The van der Waals surface area contributed by atoms with Crippen molar-refractivity contribution in [2.24, 2.45) is 0 Å². The molecule has 0 fully saturated rings. The van der Waals surface area contributed by atoms with E-state index in [-0.39, 0.29) is 11.9 Å². The molecule has 1 amide bonds. The molecular formula is C11H14INO2. The molecule has 1 N–H and O–H groups in total. The number of amides is 1. The number of carbonyl (C=O) groups excluding carboxylic acids is 1. The Morgan fingerprint density at radius 3 is 2.60 bits per heavy atom. The van der Waals surface area contributed by atoms with Gasteiger partial charge in [-0.1, -0.05) is 0 Å². The minimum atomic E-state index is -0.0593. The summed E-state index contributed by atoms with van der Waals surface area (Å²) in [6.07, 6.45) is 0. The molecule has 1 aromatic rings. The number of ether oxygens (including phenoxy) is 1.